The topological polar surface area (TPSA) is 52.0 Å². The zero-order valence-corrected chi connectivity index (χ0v) is 9.68. The first-order valence-electron chi connectivity index (χ1n) is 4.75. The van der Waals surface area contributed by atoms with Crippen molar-refractivity contribution in [1.82, 2.24) is 0 Å². The molecule has 2 unspecified atom stereocenters. The highest BCUT2D eigenvalue weighted by Crippen LogP contribution is 2.15. The van der Waals surface area contributed by atoms with Crippen LogP contribution in [0.15, 0.2) is 0 Å². The molecule has 0 aliphatic rings. The first-order valence-corrected chi connectivity index (χ1v) is 5.66. The summed E-state index contributed by atoms with van der Waals surface area (Å²) < 4.78 is 0. The summed E-state index contributed by atoms with van der Waals surface area (Å²) in [5.74, 6) is 0. The number of halogens is 1. The van der Waals surface area contributed by atoms with E-state index in [4.69, 9.17) is 11.5 Å². The molecule has 0 aliphatic carbocycles. The van der Waals surface area contributed by atoms with Crippen LogP contribution in [0.1, 0.15) is 39.5 Å². The Labute approximate surface area is 84.2 Å². The molecule has 0 saturated heterocycles. The third kappa shape index (κ3) is 5.98. The van der Waals surface area contributed by atoms with E-state index in [0.717, 1.165) is 25.7 Å². The molecule has 0 aliphatic heterocycles. The van der Waals surface area contributed by atoms with Crippen molar-refractivity contribution < 1.29 is 0 Å². The van der Waals surface area contributed by atoms with Gasteiger partial charge in [-0.15, -0.1) is 0 Å². The number of nitrogens with two attached hydrogens (primary N) is 2. The zero-order valence-electron chi connectivity index (χ0n) is 8.09. The predicted molar refractivity (Wildman–Crippen MR) is 58.5 cm³/mol. The standard InChI is InChI=1S/C9H21BrN2/c1-3-8(11)5-7(10)6-9(12)4-2/h7-9H,3-6,11-12H2,1-2H3. The van der Waals surface area contributed by atoms with Crippen LogP contribution in [0.25, 0.3) is 0 Å². The third-order valence-electron chi connectivity index (χ3n) is 2.17. The molecule has 0 rings (SSSR count). The summed E-state index contributed by atoms with van der Waals surface area (Å²) in [4.78, 5) is 0.488. The van der Waals surface area contributed by atoms with Gasteiger partial charge in [-0.3, -0.25) is 0 Å². The van der Waals surface area contributed by atoms with Gasteiger partial charge in [-0.25, -0.2) is 0 Å². The van der Waals surface area contributed by atoms with Crippen LogP contribution in [0.4, 0.5) is 0 Å². The summed E-state index contributed by atoms with van der Waals surface area (Å²) in [6.45, 7) is 4.23. The van der Waals surface area contributed by atoms with Crippen molar-refractivity contribution in [2.24, 2.45) is 11.5 Å². The van der Waals surface area contributed by atoms with Crippen LogP contribution in [0, 0.1) is 0 Å². The molecule has 2 nitrogen and oxygen atoms in total. The number of alkyl halides is 1. The van der Waals surface area contributed by atoms with Gasteiger partial charge in [0.25, 0.3) is 0 Å². The van der Waals surface area contributed by atoms with Crippen LogP contribution in [0.2, 0.25) is 0 Å². The molecular formula is C9H21BrN2. The van der Waals surface area contributed by atoms with E-state index in [-0.39, 0.29) is 0 Å². The smallest absolute Gasteiger partial charge is 0.0175 e. The summed E-state index contributed by atoms with van der Waals surface area (Å²) >= 11 is 3.60. The van der Waals surface area contributed by atoms with Gasteiger partial charge < -0.3 is 11.5 Å². The highest BCUT2D eigenvalue weighted by atomic mass is 79.9. The molecule has 0 amide bonds. The minimum atomic E-state index is 0.318. The highest BCUT2D eigenvalue weighted by molar-refractivity contribution is 9.09. The molecule has 12 heavy (non-hydrogen) atoms. The molecule has 0 aromatic carbocycles. The van der Waals surface area contributed by atoms with Crippen LogP contribution in [0.5, 0.6) is 0 Å². The second kappa shape index (κ2) is 6.87. The largest absolute Gasteiger partial charge is 0.328 e. The van der Waals surface area contributed by atoms with Crippen molar-refractivity contribution in [1.29, 1.82) is 0 Å². The number of hydrogen-bond donors (Lipinski definition) is 2. The second-order valence-corrected chi connectivity index (χ2v) is 4.70. The van der Waals surface area contributed by atoms with E-state index < -0.39 is 0 Å². The Morgan fingerprint density at radius 1 is 1.00 bits per heavy atom. The van der Waals surface area contributed by atoms with Crippen molar-refractivity contribution in [2.75, 3.05) is 0 Å². The molecule has 0 radical (unpaired) electrons. The SMILES string of the molecule is CCC(N)CC(Br)CC(N)CC. The van der Waals surface area contributed by atoms with Gasteiger partial charge in [0.2, 0.25) is 0 Å². The van der Waals surface area contributed by atoms with Crippen LogP contribution in [0.3, 0.4) is 0 Å². The van der Waals surface area contributed by atoms with Crippen molar-refractivity contribution in [2.45, 2.75) is 56.4 Å². The van der Waals surface area contributed by atoms with Gasteiger partial charge in [-0.1, -0.05) is 29.8 Å². The Kier molecular flexibility index (Phi) is 7.10. The van der Waals surface area contributed by atoms with Gasteiger partial charge in [0, 0.05) is 16.9 Å². The maximum absolute atomic E-state index is 5.82. The van der Waals surface area contributed by atoms with Crippen LogP contribution in [-0.2, 0) is 0 Å². The van der Waals surface area contributed by atoms with E-state index in [0.29, 0.717) is 16.9 Å². The molecule has 74 valence electrons. The summed E-state index contributed by atoms with van der Waals surface area (Å²) in [5.41, 5.74) is 11.6. The predicted octanol–water partition coefficient (Wildman–Crippen LogP) is 2.00. The number of hydrogen-bond acceptors (Lipinski definition) is 2. The van der Waals surface area contributed by atoms with Crippen molar-refractivity contribution in [3.63, 3.8) is 0 Å². The Morgan fingerprint density at radius 3 is 1.58 bits per heavy atom. The Morgan fingerprint density at radius 2 is 1.33 bits per heavy atom. The van der Waals surface area contributed by atoms with Gasteiger partial charge in [-0.2, -0.15) is 0 Å². The highest BCUT2D eigenvalue weighted by Gasteiger charge is 2.11. The average molecular weight is 237 g/mol. The average Bonchev–Trinajstić information content (AvgIpc) is 2.03. The summed E-state index contributed by atoms with van der Waals surface area (Å²) in [6.07, 6.45) is 4.15. The Balaban J connectivity index is 3.51. The van der Waals surface area contributed by atoms with Gasteiger partial charge in [-0.05, 0) is 25.7 Å². The fourth-order valence-electron chi connectivity index (χ4n) is 1.09. The van der Waals surface area contributed by atoms with Gasteiger partial charge >= 0.3 is 0 Å². The van der Waals surface area contributed by atoms with E-state index in [1.165, 1.54) is 0 Å². The molecule has 4 N–H and O–H groups in total. The lowest BCUT2D eigenvalue weighted by Gasteiger charge is -2.17. The van der Waals surface area contributed by atoms with Crippen LogP contribution >= 0.6 is 15.9 Å². The third-order valence-corrected chi connectivity index (χ3v) is 2.91. The second-order valence-electron chi connectivity index (χ2n) is 3.41. The van der Waals surface area contributed by atoms with Crippen molar-refractivity contribution in [3.8, 4) is 0 Å². The minimum Gasteiger partial charge on any atom is -0.328 e. The lowest BCUT2D eigenvalue weighted by molar-refractivity contribution is 0.517. The maximum atomic E-state index is 5.82. The summed E-state index contributed by atoms with van der Waals surface area (Å²) in [6, 6.07) is 0.636. The van der Waals surface area contributed by atoms with Crippen molar-refractivity contribution >= 4 is 15.9 Å². The van der Waals surface area contributed by atoms with Crippen molar-refractivity contribution in [3.05, 3.63) is 0 Å². The van der Waals surface area contributed by atoms with Gasteiger partial charge in [0.1, 0.15) is 0 Å². The molecule has 0 spiro atoms. The van der Waals surface area contributed by atoms with E-state index >= 15 is 0 Å². The number of rotatable bonds is 6. The zero-order chi connectivity index (χ0) is 9.56. The van der Waals surface area contributed by atoms with E-state index in [2.05, 4.69) is 29.8 Å². The first kappa shape index (κ1) is 12.4. The normalized spacial score (nSPS) is 18.8. The molecule has 0 saturated carbocycles. The monoisotopic (exact) mass is 236 g/mol. The molecular weight excluding hydrogens is 216 g/mol. The molecule has 0 heterocycles. The molecule has 0 aromatic heterocycles. The molecule has 3 heteroatoms. The quantitative estimate of drug-likeness (QED) is 0.694. The van der Waals surface area contributed by atoms with Crippen LogP contribution in [-0.4, -0.2) is 16.9 Å². The lowest BCUT2D eigenvalue weighted by atomic mass is 10.0. The van der Waals surface area contributed by atoms with E-state index in [9.17, 15) is 0 Å². The van der Waals surface area contributed by atoms with Gasteiger partial charge in [0.15, 0.2) is 0 Å². The molecule has 0 aromatic rings. The summed E-state index contributed by atoms with van der Waals surface area (Å²) in [7, 11) is 0. The minimum absolute atomic E-state index is 0.318. The fourth-order valence-corrected chi connectivity index (χ4v) is 2.05. The first-order chi connectivity index (χ1) is 5.60. The van der Waals surface area contributed by atoms with E-state index in [1.54, 1.807) is 0 Å². The summed E-state index contributed by atoms with van der Waals surface area (Å²) in [5, 5.41) is 0. The fraction of sp³-hybridized carbons (Fsp3) is 1.00. The van der Waals surface area contributed by atoms with Gasteiger partial charge in [0.05, 0.1) is 0 Å². The Bertz CT molecular complexity index is 96.7. The maximum Gasteiger partial charge on any atom is 0.0175 e. The Hall–Kier alpha value is 0.400. The molecule has 2 atom stereocenters. The van der Waals surface area contributed by atoms with Crippen LogP contribution < -0.4 is 11.5 Å². The molecule has 0 fully saturated rings. The molecule has 0 bridgehead atoms. The van der Waals surface area contributed by atoms with E-state index in [1.807, 2.05) is 0 Å². The lowest BCUT2D eigenvalue weighted by Crippen LogP contribution is -2.28.